The molecule has 144 valence electrons. The molecule has 0 N–H and O–H groups in total. The molecule has 3 rings (SSSR count). The monoisotopic (exact) mass is 447 g/mol. The van der Waals surface area contributed by atoms with E-state index in [4.69, 9.17) is 9.72 Å². The molecule has 0 aliphatic heterocycles. The number of rotatable bonds is 6. The number of nitrogens with zero attached hydrogens (tertiary/aromatic N) is 3. The van der Waals surface area contributed by atoms with Crippen LogP contribution < -0.4 is 9.64 Å². The minimum Gasteiger partial charge on any atom is -0.437 e. The van der Waals surface area contributed by atoms with Gasteiger partial charge in [0.05, 0.1) is 5.69 Å². The van der Waals surface area contributed by atoms with Gasteiger partial charge in [-0.1, -0.05) is 22.9 Å². The van der Waals surface area contributed by atoms with Gasteiger partial charge in [-0.15, -0.1) is 11.3 Å². The van der Waals surface area contributed by atoms with Crippen molar-refractivity contribution < 1.29 is 4.74 Å². The number of fused-ring (bicyclic) bond motifs is 1. The third-order valence-corrected chi connectivity index (χ3v) is 6.10. The third kappa shape index (κ3) is 3.97. The van der Waals surface area contributed by atoms with Crippen molar-refractivity contribution in [3.63, 3.8) is 0 Å². The summed E-state index contributed by atoms with van der Waals surface area (Å²) in [4.78, 5) is 13.1. The first-order chi connectivity index (χ1) is 12.8. The van der Waals surface area contributed by atoms with Crippen LogP contribution in [-0.4, -0.2) is 23.1 Å². The maximum atomic E-state index is 6.35. The molecule has 0 aliphatic rings. The van der Waals surface area contributed by atoms with Gasteiger partial charge in [0.2, 0.25) is 5.88 Å². The summed E-state index contributed by atoms with van der Waals surface area (Å²) in [5.41, 5.74) is 4.39. The molecule has 2 aromatic heterocycles. The molecule has 0 spiro atoms. The smallest absolute Gasteiger partial charge is 0.240 e. The normalized spacial score (nSPS) is 11.2. The lowest BCUT2D eigenvalue weighted by Gasteiger charge is -2.22. The Labute approximate surface area is 173 Å². The molecule has 0 amide bonds. The summed E-state index contributed by atoms with van der Waals surface area (Å²) in [6, 6.07) is 4.14. The third-order valence-electron chi connectivity index (χ3n) is 4.57. The summed E-state index contributed by atoms with van der Waals surface area (Å²) in [7, 11) is 0. The number of aryl methyl sites for hydroxylation is 4. The zero-order chi connectivity index (χ0) is 19.7. The van der Waals surface area contributed by atoms with Gasteiger partial charge in [0.25, 0.3) is 0 Å². The van der Waals surface area contributed by atoms with Gasteiger partial charge in [-0.05, 0) is 64.3 Å². The van der Waals surface area contributed by atoms with Crippen LogP contribution in [0.4, 0.5) is 5.69 Å². The number of benzene rings is 1. The summed E-state index contributed by atoms with van der Waals surface area (Å²) >= 11 is 5.27. The molecule has 2 heterocycles. The zero-order valence-electron chi connectivity index (χ0n) is 16.8. The molecule has 3 aromatic rings. The quantitative estimate of drug-likeness (QED) is 0.420. The van der Waals surface area contributed by atoms with Crippen molar-refractivity contribution in [2.45, 2.75) is 48.0 Å². The van der Waals surface area contributed by atoms with E-state index in [0.29, 0.717) is 5.88 Å². The highest BCUT2D eigenvalue weighted by Gasteiger charge is 2.21. The predicted molar refractivity (Wildman–Crippen MR) is 119 cm³/mol. The van der Waals surface area contributed by atoms with E-state index >= 15 is 0 Å². The number of hydrogen-bond donors (Lipinski definition) is 0. The van der Waals surface area contributed by atoms with E-state index in [-0.39, 0.29) is 0 Å². The van der Waals surface area contributed by atoms with Crippen molar-refractivity contribution >= 4 is 43.2 Å². The number of halogens is 1. The molecule has 0 bridgehead atoms. The molecular formula is C21H26BrN3OS. The Morgan fingerprint density at radius 3 is 2.33 bits per heavy atom. The van der Waals surface area contributed by atoms with E-state index in [1.807, 2.05) is 6.92 Å². The highest BCUT2D eigenvalue weighted by molar-refractivity contribution is 9.10. The van der Waals surface area contributed by atoms with Crippen LogP contribution in [0.5, 0.6) is 11.6 Å². The van der Waals surface area contributed by atoms with Gasteiger partial charge in [0.15, 0.2) is 0 Å². The van der Waals surface area contributed by atoms with Crippen LogP contribution in [0.25, 0.3) is 10.2 Å². The van der Waals surface area contributed by atoms with Gasteiger partial charge in [-0.3, -0.25) is 0 Å². The molecule has 4 nitrogen and oxygen atoms in total. The predicted octanol–water partition coefficient (Wildman–Crippen LogP) is 6.72. The van der Waals surface area contributed by atoms with Crippen molar-refractivity contribution in [1.29, 1.82) is 0 Å². The fraction of sp³-hybridized carbons (Fsp3) is 0.429. The molecule has 0 fully saturated rings. The average molecular weight is 448 g/mol. The molecular weight excluding hydrogens is 422 g/mol. The summed E-state index contributed by atoms with van der Waals surface area (Å²) < 4.78 is 8.43. The number of hydrogen-bond acceptors (Lipinski definition) is 5. The largest absolute Gasteiger partial charge is 0.437 e. The topological polar surface area (TPSA) is 38.2 Å². The van der Waals surface area contributed by atoms with E-state index in [2.05, 4.69) is 72.6 Å². The van der Waals surface area contributed by atoms with Crippen molar-refractivity contribution in [1.82, 2.24) is 9.97 Å². The fourth-order valence-corrected chi connectivity index (χ4v) is 5.18. The Hall–Kier alpha value is -1.66. The van der Waals surface area contributed by atoms with Crippen molar-refractivity contribution in [2.75, 3.05) is 18.0 Å². The number of thiophene rings is 1. The van der Waals surface area contributed by atoms with E-state index in [9.17, 15) is 0 Å². The van der Waals surface area contributed by atoms with Gasteiger partial charge in [-0.25, -0.2) is 4.98 Å². The highest BCUT2D eigenvalue weighted by Crippen LogP contribution is 2.42. The second-order valence-electron chi connectivity index (χ2n) is 6.81. The molecule has 0 atom stereocenters. The molecule has 0 saturated carbocycles. The van der Waals surface area contributed by atoms with Gasteiger partial charge in [-0.2, -0.15) is 4.98 Å². The molecule has 1 aromatic carbocycles. The first-order valence-corrected chi connectivity index (χ1v) is 10.9. The Kier molecular flexibility index (Phi) is 6.06. The lowest BCUT2D eigenvalue weighted by Crippen LogP contribution is -2.23. The van der Waals surface area contributed by atoms with Gasteiger partial charge in [0.1, 0.15) is 21.8 Å². The van der Waals surface area contributed by atoms with E-state index in [0.717, 1.165) is 56.9 Å². The minimum atomic E-state index is 0.651. The van der Waals surface area contributed by atoms with Gasteiger partial charge in [0, 0.05) is 22.4 Å². The van der Waals surface area contributed by atoms with Crippen LogP contribution in [0.2, 0.25) is 0 Å². The van der Waals surface area contributed by atoms with Gasteiger partial charge >= 0.3 is 0 Å². The lowest BCUT2D eigenvalue weighted by molar-refractivity contribution is 0.460. The highest BCUT2D eigenvalue weighted by atomic mass is 79.9. The Balaban J connectivity index is 2.15. The zero-order valence-corrected chi connectivity index (χ0v) is 19.2. The second-order valence-corrected chi connectivity index (χ2v) is 8.95. The van der Waals surface area contributed by atoms with Crippen LogP contribution in [0, 0.1) is 27.7 Å². The van der Waals surface area contributed by atoms with Crippen LogP contribution >= 0.6 is 27.3 Å². The lowest BCUT2D eigenvalue weighted by atomic mass is 10.1. The minimum absolute atomic E-state index is 0.651. The van der Waals surface area contributed by atoms with E-state index < -0.39 is 0 Å². The van der Waals surface area contributed by atoms with Crippen molar-refractivity contribution in [3.8, 4) is 11.6 Å². The van der Waals surface area contributed by atoms with Gasteiger partial charge < -0.3 is 9.64 Å². The second kappa shape index (κ2) is 8.15. The summed E-state index contributed by atoms with van der Waals surface area (Å²) in [6.45, 7) is 14.6. The molecule has 0 unspecified atom stereocenters. The van der Waals surface area contributed by atoms with Crippen molar-refractivity contribution in [3.05, 3.63) is 38.4 Å². The van der Waals surface area contributed by atoms with Crippen LogP contribution in [0.1, 0.15) is 42.1 Å². The Bertz CT molecular complexity index is 960. The summed E-state index contributed by atoms with van der Waals surface area (Å²) in [6.07, 6.45) is 1.11. The first-order valence-electron chi connectivity index (χ1n) is 9.32. The maximum Gasteiger partial charge on any atom is 0.240 e. The molecule has 27 heavy (non-hydrogen) atoms. The summed E-state index contributed by atoms with van der Waals surface area (Å²) in [5, 5.41) is 0. The van der Waals surface area contributed by atoms with Crippen LogP contribution in [-0.2, 0) is 0 Å². The Morgan fingerprint density at radius 2 is 1.74 bits per heavy atom. The van der Waals surface area contributed by atoms with E-state index in [1.54, 1.807) is 11.3 Å². The van der Waals surface area contributed by atoms with Crippen LogP contribution in [0.15, 0.2) is 16.6 Å². The molecule has 0 saturated heterocycles. The first kappa shape index (κ1) is 20.1. The summed E-state index contributed by atoms with van der Waals surface area (Å²) in [5.74, 6) is 2.25. The fourth-order valence-electron chi connectivity index (χ4n) is 3.45. The molecule has 6 heteroatoms. The number of anilines is 1. The molecule has 0 aliphatic carbocycles. The van der Waals surface area contributed by atoms with Crippen LogP contribution in [0.3, 0.4) is 0 Å². The average Bonchev–Trinajstić information content (AvgIpc) is 2.91. The molecule has 0 radical (unpaired) electrons. The number of ether oxygens (including phenoxy) is 1. The SMILES string of the molecule is CCCN(CC)c1c(C)sc2c(Oc3c(C)cc(Br)cc3C)nc(C)nc12. The maximum absolute atomic E-state index is 6.35. The standard InChI is InChI=1S/C21H26BrN3OS/c1-7-9-25(8-2)18-14(5)27-20-17(18)23-15(6)24-21(20)26-19-12(3)10-16(22)11-13(19)4/h10-11H,7-9H2,1-6H3. The van der Waals surface area contributed by atoms with Crippen molar-refractivity contribution in [2.24, 2.45) is 0 Å². The Morgan fingerprint density at radius 1 is 1.07 bits per heavy atom. The van der Waals surface area contributed by atoms with E-state index in [1.165, 1.54) is 10.6 Å². The number of aromatic nitrogens is 2.